The van der Waals surface area contributed by atoms with Crippen molar-refractivity contribution < 1.29 is 9.53 Å². The molecule has 0 unspecified atom stereocenters. The number of nitrogens with zero attached hydrogens (tertiary/aromatic N) is 2. The summed E-state index contributed by atoms with van der Waals surface area (Å²) in [5.74, 6) is 0.419. The number of hydrogen-bond donors (Lipinski definition) is 0. The molecule has 4 heteroatoms. The summed E-state index contributed by atoms with van der Waals surface area (Å²) in [6.07, 6.45) is 0.824. The Kier molecular flexibility index (Phi) is 4.70. The fourth-order valence-corrected chi connectivity index (χ4v) is 3.93. The number of rotatable bonds is 5. The van der Waals surface area contributed by atoms with Gasteiger partial charge in [0.15, 0.2) is 0 Å². The normalized spacial score (nSPS) is 20.4. The van der Waals surface area contributed by atoms with E-state index in [1.807, 2.05) is 4.90 Å². The molecule has 0 N–H and O–H groups in total. The van der Waals surface area contributed by atoms with E-state index in [0.717, 1.165) is 39.1 Å². The second-order valence-electron chi connectivity index (χ2n) is 6.85. The van der Waals surface area contributed by atoms with Crippen LogP contribution in [0.2, 0.25) is 0 Å². The van der Waals surface area contributed by atoms with Gasteiger partial charge in [-0.2, -0.15) is 0 Å². The molecule has 4 rings (SSSR count). The van der Waals surface area contributed by atoms with Gasteiger partial charge in [-0.05, 0) is 23.1 Å². The van der Waals surface area contributed by atoms with Gasteiger partial charge in [0, 0.05) is 32.1 Å². The lowest BCUT2D eigenvalue weighted by Gasteiger charge is -2.35. The minimum Gasteiger partial charge on any atom is -0.448 e. The highest BCUT2D eigenvalue weighted by Gasteiger charge is 2.26. The zero-order valence-corrected chi connectivity index (χ0v) is 14.4. The molecular formula is C21H24N2O2. The smallest absolute Gasteiger partial charge is 0.409 e. The lowest BCUT2D eigenvalue weighted by atomic mass is 9.84. The highest BCUT2D eigenvalue weighted by molar-refractivity contribution is 5.69. The van der Waals surface area contributed by atoms with Gasteiger partial charge in [0.25, 0.3) is 0 Å². The molecule has 2 aliphatic rings. The zero-order chi connectivity index (χ0) is 17.1. The van der Waals surface area contributed by atoms with Crippen molar-refractivity contribution in [3.63, 3.8) is 0 Å². The van der Waals surface area contributed by atoms with Crippen LogP contribution in [-0.4, -0.2) is 48.7 Å². The third-order valence-corrected chi connectivity index (χ3v) is 5.21. The summed E-state index contributed by atoms with van der Waals surface area (Å²) in [5.41, 5.74) is 4.25. The molecule has 1 saturated heterocycles. The molecule has 0 radical (unpaired) electrons. The summed E-state index contributed by atoms with van der Waals surface area (Å²) in [6.45, 7) is 5.07. The molecule has 4 nitrogen and oxygen atoms in total. The van der Waals surface area contributed by atoms with Crippen LogP contribution < -0.4 is 0 Å². The Bertz CT molecular complexity index is 732. The van der Waals surface area contributed by atoms with Gasteiger partial charge in [0.05, 0.1) is 6.54 Å². The number of cyclic esters (lactones) is 1. The zero-order valence-electron chi connectivity index (χ0n) is 14.4. The molecule has 0 aliphatic carbocycles. The second-order valence-corrected chi connectivity index (χ2v) is 6.85. The van der Waals surface area contributed by atoms with Crippen LogP contribution in [0.5, 0.6) is 0 Å². The first-order chi connectivity index (χ1) is 12.3. The summed E-state index contributed by atoms with van der Waals surface area (Å²) < 4.78 is 5.00. The average molecular weight is 336 g/mol. The standard InChI is InChI=1S/C21H24N2O2/c24-21-23(13-14-25-21)12-6-11-22-15-18-9-4-5-10-19(18)20(16-22)17-7-2-1-3-8-17/h1-5,7-10,20H,6,11-16H2/t20-/m0/s1. The Labute approximate surface area is 149 Å². The molecule has 25 heavy (non-hydrogen) atoms. The van der Waals surface area contributed by atoms with Crippen LogP contribution in [0, 0.1) is 0 Å². The van der Waals surface area contributed by atoms with Gasteiger partial charge >= 0.3 is 6.09 Å². The Morgan fingerprint density at radius 1 is 1.00 bits per heavy atom. The van der Waals surface area contributed by atoms with Gasteiger partial charge < -0.3 is 9.64 Å². The van der Waals surface area contributed by atoms with E-state index in [2.05, 4.69) is 59.5 Å². The fourth-order valence-electron chi connectivity index (χ4n) is 3.93. The maximum atomic E-state index is 11.5. The van der Waals surface area contributed by atoms with Crippen LogP contribution in [0.25, 0.3) is 0 Å². The van der Waals surface area contributed by atoms with Crippen molar-refractivity contribution >= 4 is 6.09 Å². The van der Waals surface area contributed by atoms with Crippen molar-refractivity contribution in [2.75, 3.05) is 32.8 Å². The van der Waals surface area contributed by atoms with Gasteiger partial charge in [0.2, 0.25) is 0 Å². The number of carbonyl (C=O) groups is 1. The van der Waals surface area contributed by atoms with Gasteiger partial charge in [-0.1, -0.05) is 54.6 Å². The maximum absolute atomic E-state index is 11.5. The number of benzene rings is 2. The van der Waals surface area contributed by atoms with Gasteiger partial charge in [0.1, 0.15) is 6.61 Å². The van der Waals surface area contributed by atoms with E-state index in [0.29, 0.717) is 12.5 Å². The summed E-state index contributed by atoms with van der Waals surface area (Å²) in [7, 11) is 0. The summed E-state index contributed by atoms with van der Waals surface area (Å²) in [5, 5.41) is 0. The molecule has 1 amide bonds. The van der Waals surface area contributed by atoms with E-state index in [1.165, 1.54) is 16.7 Å². The monoisotopic (exact) mass is 336 g/mol. The quantitative estimate of drug-likeness (QED) is 0.838. The minimum absolute atomic E-state index is 0.161. The molecule has 0 bridgehead atoms. The predicted octanol–water partition coefficient (Wildman–Crippen LogP) is 3.48. The van der Waals surface area contributed by atoms with E-state index >= 15 is 0 Å². The second kappa shape index (κ2) is 7.28. The van der Waals surface area contributed by atoms with Crippen molar-refractivity contribution in [1.82, 2.24) is 9.80 Å². The molecule has 2 aromatic rings. The fraction of sp³-hybridized carbons (Fsp3) is 0.381. The number of hydrogen-bond acceptors (Lipinski definition) is 3. The number of amides is 1. The number of ether oxygens (including phenoxy) is 1. The van der Waals surface area contributed by atoms with Crippen LogP contribution >= 0.6 is 0 Å². The van der Waals surface area contributed by atoms with Crippen molar-refractivity contribution in [2.45, 2.75) is 18.9 Å². The Morgan fingerprint density at radius 2 is 1.80 bits per heavy atom. The third-order valence-electron chi connectivity index (χ3n) is 5.21. The van der Waals surface area contributed by atoms with Crippen LogP contribution in [0.1, 0.15) is 29.0 Å². The molecule has 2 aromatic carbocycles. The molecule has 0 spiro atoms. The van der Waals surface area contributed by atoms with Gasteiger partial charge in [-0.15, -0.1) is 0 Å². The molecule has 1 atom stereocenters. The first kappa shape index (κ1) is 16.2. The van der Waals surface area contributed by atoms with E-state index < -0.39 is 0 Å². The van der Waals surface area contributed by atoms with Crippen LogP contribution in [0.15, 0.2) is 54.6 Å². The molecule has 130 valence electrons. The van der Waals surface area contributed by atoms with Crippen LogP contribution in [-0.2, 0) is 11.3 Å². The van der Waals surface area contributed by atoms with Gasteiger partial charge in [-0.25, -0.2) is 4.79 Å². The first-order valence-corrected chi connectivity index (χ1v) is 9.08. The Morgan fingerprint density at radius 3 is 2.60 bits per heavy atom. The van der Waals surface area contributed by atoms with Crippen molar-refractivity contribution in [1.29, 1.82) is 0 Å². The molecule has 2 heterocycles. The number of fused-ring (bicyclic) bond motifs is 1. The first-order valence-electron chi connectivity index (χ1n) is 9.08. The lowest BCUT2D eigenvalue weighted by Crippen LogP contribution is -2.36. The van der Waals surface area contributed by atoms with E-state index in [9.17, 15) is 4.79 Å². The van der Waals surface area contributed by atoms with E-state index in [-0.39, 0.29) is 6.09 Å². The Hall–Kier alpha value is -2.33. The number of carbonyl (C=O) groups excluding carboxylic acids is 1. The molecular weight excluding hydrogens is 312 g/mol. The van der Waals surface area contributed by atoms with Crippen LogP contribution in [0.3, 0.4) is 0 Å². The topological polar surface area (TPSA) is 32.8 Å². The summed E-state index contributed by atoms with van der Waals surface area (Å²) in [6, 6.07) is 19.6. The summed E-state index contributed by atoms with van der Waals surface area (Å²) >= 11 is 0. The SMILES string of the molecule is O=C1OCCN1CCCN1Cc2ccccc2[C@H](c2ccccc2)C1. The average Bonchev–Trinajstić information content (AvgIpc) is 3.07. The molecule has 1 fully saturated rings. The molecule has 0 aromatic heterocycles. The maximum Gasteiger partial charge on any atom is 0.409 e. The Balaban J connectivity index is 1.45. The molecule has 2 aliphatic heterocycles. The van der Waals surface area contributed by atoms with Crippen molar-refractivity contribution in [3.8, 4) is 0 Å². The lowest BCUT2D eigenvalue weighted by molar-refractivity contribution is 0.155. The predicted molar refractivity (Wildman–Crippen MR) is 97.5 cm³/mol. The minimum atomic E-state index is -0.161. The highest BCUT2D eigenvalue weighted by Crippen LogP contribution is 2.33. The van der Waals surface area contributed by atoms with E-state index in [4.69, 9.17) is 4.74 Å². The summed E-state index contributed by atoms with van der Waals surface area (Å²) in [4.78, 5) is 15.9. The van der Waals surface area contributed by atoms with Crippen molar-refractivity contribution in [2.24, 2.45) is 0 Å². The molecule has 0 saturated carbocycles. The van der Waals surface area contributed by atoms with Gasteiger partial charge in [-0.3, -0.25) is 4.90 Å². The van der Waals surface area contributed by atoms with Crippen LogP contribution in [0.4, 0.5) is 4.79 Å². The van der Waals surface area contributed by atoms with Crippen molar-refractivity contribution in [3.05, 3.63) is 71.3 Å². The largest absolute Gasteiger partial charge is 0.448 e. The highest BCUT2D eigenvalue weighted by atomic mass is 16.6. The van der Waals surface area contributed by atoms with E-state index in [1.54, 1.807) is 0 Å². The third kappa shape index (κ3) is 3.54.